The second-order valence-corrected chi connectivity index (χ2v) is 5.03. The van der Waals surface area contributed by atoms with Crippen LogP contribution in [0.4, 0.5) is 5.69 Å². The van der Waals surface area contributed by atoms with Crippen LogP contribution >= 0.6 is 15.9 Å². The molecule has 0 saturated heterocycles. The highest BCUT2D eigenvalue weighted by Gasteiger charge is 2.08. The topological polar surface area (TPSA) is 64.7 Å². The maximum absolute atomic E-state index is 12.0. The van der Waals surface area contributed by atoms with Gasteiger partial charge in [-0.15, -0.1) is 0 Å². The molecule has 2 aromatic heterocycles. The molecule has 2 rings (SSSR count). The first-order valence-corrected chi connectivity index (χ1v) is 6.89. The quantitative estimate of drug-likeness (QED) is 0.909. The fourth-order valence-electron chi connectivity index (χ4n) is 1.70. The van der Waals surface area contributed by atoms with Gasteiger partial charge in [-0.05, 0) is 28.4 Å². The second kappa shape index (κ2) is 6.01. The molecule has 0 aliphatic rings. The smallest absolute Gasteiger partial charge is 0.283 e. The predicted octanol–water partition coefficient (Wildman–Crippen LogP) is 1.76. The van der Waals surface area contributed by atoms with Crippen LogP contribution in [-0.4, -0.2) is 19.6 Å². The van der Waals surface area contributed by atoms with E-state index in [0.717, 1.165) is 12.1 Å². The molecular formula is C12H16BrN5O. The summed E-state index contributed by atoms with van der Waals surface area (Å²) in [6.45, 7) is 3.19. The van der Waals surface area contributed by atoms with Gasteiger partial charge >= 0.3 is 0 Å². The van der Waals surface area contributed by atoms with E-state index in [-0.39, 0.29) is 5.56 Å². The van der Waals surface area contributed by atoms with Gasteiger partial charge in [0, 0.05) is 19.8 Å². The number of aromatic nitrogens is 4. The van der Waals surface area contributed by atoms with Crippen LogP contribution in [0.3, 0.4) is 0 Å². The lowest BCUT2D eigenvalue weighted by Crippen LogP contribution is -2.24. The number of hydrogen-bond donors (Lipinski definition) is 1. The number of rotatable bonds is 5. The summed E-state index contributed by atoms with van der Waals surface area (Å²) in [5.41, 5.74) is 1.48. The Hall–Kier alpha value is -1.63. The Bertz CT molecular complexity index is 619. The average Bonchev–Trinajstić information content (AvgIpc) is 2.80. The summed E-state index contributed by atoms with van der Waals surface area (Å²) >= 11 is 3.32. The minimum atomic E-state index is -0.118. The molecule has 0 aliphatic carbocycles. The van der Waals surface area contributed by atoms with Crippen LogP contribution in [0.5, 0.6) is 0 Å². The van der Waals surface area contributed by atoms with Gasteiger partial charge in [0.05, 0.1) is 24.1 Å². The molecule has 2 heterocycles. The molecule has 19 heavy (non-hydrogen) atoms. The second-order valence-electron chi connectivity index (χ2n) is 4.23. The molecule has 0 radical (unpaired) electrons. The molecule has 0 fully saturated rings. The summed E-state index contributed by atoms with van der Waals surface area (Å²) < 4.78 is 3.70. The first-order valence-electron chi connectivity index (χ1n) is 6.10. The maximum Gasteiger partial charge on any atom is 0.283 e. The third-order valence-electron chi connectivity index (χ3n) is 2.65. The molecule has 0 unspecified atom stereocenters. The van der Waals surface area contributed by atoms with Crippen LogP contribution in [0, 0.1) is 0 Å². The van der Waals surface area contributed by atoms with E-state index in [9.17, 15) is 4.79 Å². The van der Waals surface area contributed by atoms with E-state index in [4.69, 9.17) is 0 Å². The first-order chi connectivity index (χ1) is 9.11. The van der Waals surface area contributed by atoms with Crippen LogP contribution in [-0.2, 0) is 20.1 Å². The Kier molecular flexibility index (Phi) is 4.36. The van der Waals surface area contributed by atoms with E-state index >= 15 is 0 Å². The standard InChI is InChI=1S/C12H16BrN5O/c1-3-5-18-12(19)11(13)10(8-15-18)14-7-9-4-6-17(2)16-9/h4,6,8,14H,3,5,7H2,1-2H3. The molecule has 0 atom stereocenters. The van der Waals surface area contributed by atoms with Crippen molar-refractivity contribution < 1.29 is 0 Å². The van der Waals surface area contributed by atoms with E-state index in [2.05, 4.69) is 31.4 Å². The van der Waals surface area contributed by atoms with E-state index in [1.807, 2.05) is 26.2 Å². The van der Waals surface area contributed by atoms with Gasteiger partial charge in [0.2, 0.25) is 0 Å². The molecule has 0 amide bonds. The van der Waals surface area contributed by atoms with Gasteiger partial charge in [-0.2, -0.15) is 10.2 Å². The summed E-state index contributed by atoms with van der Waals surface area (Å²) in [4.78, 5) is 12.0. The van der Waals surface area contributed by atoms with Crippen molar-refractivity contribution in [3.8, 4) is 0 Å². The molecule has 0 bridgehead atoms. The molecule has 0 aliphatic heterocycles. The molecule has 0 saturated carbocycles. The van der Waals surface area contributed by atoms with E-state index < -0.39 is 0 Å². The van der Waals surface area contributed by atoms with Crippen molar-refractivity contribution in [1.29, 1.82) is 0 Å². The Morgan fingerprint density at radius 3 is 2.89 bits per heavy atom. The Morgan fingerprint density at radius 2 is 2.26 bits per heavy atom. The highest BCUT2D eigenvalue weighted by molar-refractivity contribution is 9.10. The highest BCUT2D eigenvalue weighted by atomic mass is 79.9. The highest BCUT2D eigenvalue weighted by Crippen LogP contribution is 2.16. The van der Waals surface area contributed by atoms with Crippen LogP contribution in [0.25, 0.3) is 0 Å². The SMILES string of the molecule is CCCn1ncc(NCc2ccn(C)n2)c(Br)c1=O. The number of nitrogens with one attached hydrogen (secondary N) is 1. The fraction of sp³-hybridized carbons (Fsp3) is 0.417. The van der Waals surface area contributed by atoms with Gasteiger partial charge in [0.25, 0.3) is 5.56 Å². The molecule has 102 valence electrons. The van der Waals surface area contributed by atoms with Crippen molar-refractivity contribution in [2.45, 2.75) is 26.4 Å². The van der Waals surface area contributed by atoms with Crippen molar-refractivity contribution >= 4 is 21.6 Å². The van der Waals surface area contributed by atoms with Crippen molar-refractivity contribution in [2.24, 2.45) is 7.05 Å². The largest absolute Gasteiger partial charge is 0.377 e. The molecular weight excluding hydrogens is 310 g/mol. The van der Waals surface area contributed by atoms with Gasteiger partial charge in [0.15, 0.2) is 0 Å². The van der Waals surface area contributed by atoms with Crippen molar-refractivity contribution in [3.05, 3.63) is 39.0 Å². The molecule has 7 heteroatoms. The summed E-state index contributed by atoms with van der Waals surface area (Å²) in [5.74, 6) is 0. The van der Waals surface area contributed by atoms with Gasteiger partial charge in [-0.3, -0.25) is 9.48 Å². The number of anilines is 1. The van der Waals surface area contributed by atoms with Crippen LogP contribution in [0.2, 0.25) is 0 Å². The van der Waals surface area contributed by atoms with Gasteiger partial charge in [0.1, 0.15) is 4.47 Å². The lowest BCUT2D eigenvalue weighted by molar-refractivity contribution is 0.566. The fourth-order valence-corrected chi connectivity index (χ4v) is 2.15. The van der Waals surface area contributed by atoms with Crippen LogP contribution < -0.4 is 10.9 Å². The Balaban J connectivity index is 2.13. The lowest BCUT2D eigenvalue weighted by atomic mass is 10.4. The van der Waals surface area contributed by atoms with Crippen LogP contribution in [0.1, 0.15) is 19.0 Å². The first kappa shape index (κ1) is 13.8. The summed E-state index contributed by atoms with van der Waals surface area (Å²) in [5, 5.41) is 11.5. The van der Waals surface area contributed by atoms with Gasteiger partial charge < -0.3 is 5.32 Å². The predicted molar refractivity (Wildman–Crippen MR) is 77.0 cm³/mol. The normalized spacial score (nSPS) is 10.7. The van der Waals surface area contributed by atoms with Crippen molar-refractivity contribution in [2.75, 3.05) is 5.32 Å². The van der Waals surface area contributed by atoms with E-state index in [0.29, 0.717) is 23.2 Å². The third kappa shape index (κ3) is 3.23. The number of aryl methyl sites for hydroxylation is 2. The van der Waals surface area contributed by atoms with Crippen LogP contribution in [0.15, 0.2) is 27.7 Å². The Labute approximate surface area is 119 Å². The molecule has 0 aromatic carbocycles. The zero-order valence-electron chi connectivity index (χ0n) is 10.9. The molecule has 1 N–H and O–H groups in total. The Morgan fingerprint density at radius 1 is 1.47 bits per heavy atom. The maximum atomic E-state index is 12.0. The number of nitrogens with zero attached hydrogens (tertiary/aromatic N) is 4. The average molecular weight is 326 g/mol. The molecule has 6 nitrogen and oxygen atoms in total. The summed E-state index contributed by atoms with van der Waals surface area (Å²) in [6.07, 6.45) is 4.41. The van der Waals surface area contributed by atoms with Gasteiger partial charge in [-0.1, -0.05) is 6.92 Å². The minimum Gasteiger partial charge on any atom is -0.377 e. The minimum absolute atomic E-state index is 0.118. The molecule has 0 spiro atoms. The zero-order valence-corrected chi connectivity index (χ0v) is 12.5. The van der Waals surface area contributed by atoms with Crippen molar-refractivity contribution in [1.82, 2.24) is 19.6 Å². The third-order valence-corrected chi connectivity index (χ3v) is 3.42. The summed E-state index contributed by atoms with van der Waals surface area (Å²) in [7, 11) is 1.87. The zero-order chi connectivity index (χ0) is 13.8. The lowest BCUT2D eigenvalue weighted by Gasteiger charge is -2.08. The van der Waals surface area contributed by atoms with E-state index in [1.54, 1.807) is 10.9 Å². The van der Waals surface area contributed by atoms with E-state index in [1.165, 1.54) is 4.68 Å². The van der Waals surface area contributed by atoms with Crippen molar-refractivity contribution in [3.63, 3.8) is 0 Å². The summed E-state index contributed by atoms with van der Waals surface area (Å²) in [6, 6.07) is 1.92. The monoisotopic (exact) mass is 325 g/mol. The number of halogens is 1. The van der Waals surface area contributed by atoms with Gasteiger partial charge in [-0.25, -0.2) is 4.68 Å². The molecule has 2 aromatic rings. The number of hydrogen-bond acceptors (Lipinski definition) is 4.